The van der Waals surface area contributed by atoms with Crippen molar-refractivity contribution in [3.8, 4) is 0 Å². The molecule has 1 rings (SSSR count). The molecule has 0 bridgehead atoms. The lowest BCUT2D eigenvalue weighted by molar-refractivity contribution is -0.124. The molecule has 0 aliphatic rings. The van der Waals surface area contributed by atoms with Gasteiger partial charge in [-0.25, -0.2) is 8.78 Å². The molecular weight excluding hydrogens is 250 g/mol. The predicted molar refractivity (Wildman–Crippen MR) is 70.6 cm³/mol. The first kappa shape index (κ1) is 15.6. The fraction of sp³-hybridized carbons (Fsp3) is 0.500. The molecule has 2 N–H and O–H groups in total. The standard InChI is InChI=1S/C14H20F2N2O/c1-9(13(19)18-14(2,3)4)17-8-10-5-11(15)7-12(16)6-10/h5-7,9,17H,8H2,1-4H3,(H,18,19). The molecular formula is C14H20F2N2O. The maximum Gasteiger partial charge on any atom is 0.237 e. The third-order valence-corrected chi connectivity index (χ3v) is 2.43. The first-order valence-electron chi connectivity index (χ1n) is 6.18. The van der Waals surface area contributed by atoms with Crippen LogP contribution >= 0.6 is 0 Å². The van der Waals surface area contributed by atoms with Crippen LogP contribution in [-0.2, 0) is 11.3 Å². The highest BCUT2D eigenvalue weighted by Crippen LogP contribution is 2.08. The Balaban J connectivity index is 2.54. The molecule has 0 fully saturated rings. The van der Waals surface area contributed by atoms with E-state index >= 15 is 0 Å². The van der Waals surface area contributed by atoms with E-state index in [1.165, 1.54) is 12.1 Å². The van der Waals surface area contributed by atoms with E-state index in [1.807, 2.05) is 20.8 Å². The first-order valence-corrected chi connectivity index (χ1v) is 6.18. The molecule has 5 heteroatoms. The van der Waals surface area contributed by atoms with Gasteiger partial charge in [-0.3, -0.25) is 4.79 Å². The molecule has 0 aliphatic heterocycles. The van der Waals surface area contributed by atoms with Gasteiger partial charge in [0, 0.05) is 18.2 Å². The van der Waals surface area contributed by atoms with Gasteiger partial charge in [0.2, 0.25) is 5.91 Å². The number of hydrogen-bond acceptors (Lipinski definition) is 2. The van der Waals surface area contributed by atoms with Gasteiger partial charge in [0.1, 0.15) is 11.6 Å². The van der Waals surface area contributed by atoms with Crippen LogP contribution < -0.4 is 10.6 Å². The maximum absolute atomic E-state index is 13.0. The van der Waals surface area contributed by atoms with Crippen LogP contribution in [-0.4, -0.2) is 17.5 Å². The van der Waals surface area contributed by atoms with Crippen LogP contribution in [0.3, 0.4) is 0 Å². The van der Waals surface area contributed by atoms with Crippen LogP contribution in [0.15, 0.2) is 18.2 Å². The lowest BCUT2D eigenvalue weighted by Crippen LogP contribution is -2.49. The first-order chi connectivity index (χ1) is 8.67. The van der Waals surface area contributed by atoms with E-state index in [9.17, 15) is 13.6 Å². The summed E-state index contributed by atoms with van der Waals surface area (Å²) in [6.07, 6.45) is 0. The molecule has 0 aliphatic carbocycles. The fourth-order valence-electron chi connectivity index (χ4n) is 1.55. The lowest BCUT2D eigenvalue weighted by Gasteiger charge is -2.23. The number of amides is 1. The van der Waals surface area contributed by atoms with Crippen molar-refractivity contribution in [1.29, 1.82) is 0 Å². The van der Waals surface area contributed by atoms with Gasteiger partial charge >= 0.3 is 0 Å². The van der Waals surface area contributed by atoms with Gasteiger partial charge in [0.15, 0.2) is 0 Å². The summed E-state index contributed by atoms with van der Waals surface area (Å²) in [5, 5.41) is 5.76. The van der Waals surface area contributed by atoms with Gasteiger partial charge in [-0.15, -0.1) is 0 Å². The van der Waals surface area contributed by atoms with E-state index in [1.54, 1.807) is 6.92 Å². The van der Waals surface area contributed by atoms with E-state index < -0.39 is 17.7 Å². The van der Waals surface area contributed by atoms with Gasteiger partial charge in [-0.1, -0.05) is 0 Å². The van der Waals surface area contributed by atoms with Crippen molar-refractivity contribution < 1.29 is 13.6 Å². The van der Waals surface area contributed by atoms with Crippen LogP contribution in [0.5, 0.6) is 0 Å². The molecule has 106 valence electrons. The minimum atomic E-state index is -0.622. The Morgan fingerprint density at radius 1 is 1.21 bits per heavy atom. The highest BCUT2D eigenvalue weighted by atomic mass is 19.1. The highest BCUT2D eigenvalue weighted by molar-refractivity contribution is 5.81. The van der Waals surface area contributed by atoms with Gasteiger partial charge in [0.25, 0.3) is 0 Å². The van der Waals surface area contributed by atoms with E-state index in [2.05, 4.69) is 10.6 Å². The van der Waals surface area contributed by atoms with Crippen molar-refractivity contribution in [3.05, 3.63) is 35.4 Å². The minimum absolute atomic E-state index is 0.149. The van der Waals surface area contributed by atoms with Crippen molar-refractivity contribution >= 4 is 5.91 Å². The zero-order valence-corrected chi connectivity index (χ0v) is 11.7. The zero-order chi connectivity index (χ0) is 14.6. The largest absolute Gasteiger partial charge is 0.350 e. The van der Waals surface area contributed by atoms with Crippen LogP contribution in [0.25, 0.3) is 0 Å². The number of benzene rings is 1. The van der Waals surface area contributed by atoms with Crippen LogP contribution in [0.2, 0.25) is 0 Å². The van der Waals surface area contributed by atoms with Gasteiger partial charge < -0.3 is 10.6 Å². The SMILES string of the molecule is CC(NCc1cc(F)cc(F)c1)C(=O)NC(C)(C)C. The van der Waals surface area contributed by atoms with Crippen molar-refractivity contribution in [2.45, 2.75) is 45.8 Å². The molecule has 0 radical (unpaired) electrons. The Bertz CT molecular complexity index is 435. The summed E-state index contributed by atoms with van der Waals surface area (Å²) >= 11 is 0. The van der Waals surface area contributed by atoms with Gasteiger partial charge in [0.05, 0.1) is 6.04 Å². The molecule has 19 heavy (non-hydrogen) atoms. The third kappa shape index (κ3) is 5.79. The average molecular weight is 270 g/mol. The lowest BCUT2D eigenvalue weighted by atomic mass is 10.1. The highest BCUT2D eigenvalue weighted by Gasteiger charge is 2.18. The average Bonchev–Trinajstić information content (AvgIpc) is 2.22. The van der Waals surface area contributed by atoms with E-state index in [-0.39, 0.29) is 18.0 Å². The summed E-state index contributed by atoms with van der Waals surface area (Å²) in [4.78, 5) is 11.8. The number of hydrogen-bond donors (Lipinski definition) is 2. The maximum atomic E-state index is 13.0. The van der Waals surface area contributed by atoms with Crippen LogP contribution in [0.4, 0.5) is 8.78 Å². The van der Waals surface area contributed by atoms with Crippen LogP contribution in [0, 0.1) is 11.6 Å². The number of rotatable bonds is 4. The molecule has 0 spiro atoms. The van der Waals surface area contributed by atoms with E-state index in [0.717, 1.165) is 6.07 Å². The molecule has 3 nitrogen and oxygen atoms in total. The summed E-state index contributed by atoms with van der Waals surface area (Å²) in [6.45, 7) is 7.60. The molecule has 1 aromatic carbocycles. The Morgan fingerprint density at radius 3 is 2.21 bits per heavy atom. The molecule has 0 aromatic heterocycles. The fourth-order valence-corrected chi connectivity index (χ4v) is 1.55. The normalized spacial score (nSPS) is 13.2. The second-order valence-electron chi connectivity index (χ2n) is 5.62. The summed E-state index contributed by atoms with van der Waals surface area (Å²) in [7, 11) is 0. The smallest absolute Gasteiger partial charge is 0.237 e. The Hall–Kier alpha value is -1.49. The molecule has 0 heterocycles. The molecule has 1 amide bonds. The topological polar surface area (TPSA) is 41.1 Å². The Labute approximate surface area is 112 Å². The number of carbonyl (C=O) groups is 1. The van der Waals surface area contributed by atoms with Crippen LogP contribution in [0.1, 0.15) is 33.3 Å². The van der Waals surface area contributed by atoms with Crippen molar-refractivity contribution in [1.82, 2.24) is 10.6 Å². The van der Waals surface area contributed by atoms with E-state index in [4.69, 9.17) is 0 Å². The monoisotopic (exact) mass is 270 g/mol. The molecule has 1 aromatic rings. The van der Waals surface area contributed by atoms with Crippen molar-refractivity contribution in [2.75, 3.05) is 0 Å². The van der Waals surface area contributed by atoms with E-state index in [0.29, 0.717) is 5.56 Å². The van der Waals surface area contributed by atoms with Crippen molar-refractivity contribution in [3.63, 3.8) is 0 Å². The third-order valence-electron chi connectivity index (χ3n) is 2.43. The quantitative estimate of drug-likeness (QED) is 0.882. The summed E-state index contributed by atoms with van der Waals surface area (Å²) in [5.74, 6) is -1.39. The second-order valence-corrected chi connectivity index (χ2v) is 5.62. The zero-order valence-electron chi connectivity index (χ0n) is 11.7. The van der Waals surface area contributed by atoms with Gasteiger partial charge in [-0.2, -0.15) is 0 Å². The Morgan fingerprint density at radius 2 is 1.74 bits per heavy atom. The molecule has 1 unspecified atom stereocenters. The summed E-state index contributed by atoms with van der Waals surface area (Å²) in [6, 6.07) is 2.86. The summed E-state index contributed by atoms with van der Waals surface area (Å²) in [5.41, 5.74) is 0.158. The van der Waals surface area contributed by atoms with Crippen molar-refractivity contribution in [2.24, 2.45) is 0 Å². The molecule has 0 saturated heterocycles. The van der Waals surface area contributed by atoms with Gasteiger partial charge in [-0.05, 0) is 45.4 Å². The second kappa shape index (κ2) is 6.10. The summed E-state index contributed by atoms with van der Waals surface area (Å²) < 4.78 is 26.0. The molecule has 1 atom stereocenters. The number of nitrogens with one attached hydrogen (secondary N) is 2. The molecule has 0 saturated carbocycles. The minimum Gasteiger partial charge on any atom is -0.350 e. The number of carbonyl (C=O) groups excluding carboxylic acids is 1. The Kier molecular flexibility index (Phi) is 5.00. The number of halogens is 2. The predicted octanol–water partition coefficient (Wildman–Crippen LogP) is 2.36.